The van der Waals surface area contributed by atoms with Crippen LogP contribution in [0.1, 0.15) is 44.6 Å². The van der Waals surface area contributed by atoms with Crippen molar-refractivity contribution < 1.29 is 9.21 Å². The molecule has 102 valence electrons. The summed E-state index contributed by atoms with van der Waals surface area (Å²) >= 11 is 1.41. The maximum absolute atomic E-state index is 12.1. The molecule has 0 saturated carbocycles. The van der Waals surface area contributed by atoms with Gasteiger partial charge in [-0.1, -0.05) is 0 Å². The van der Waals surface area contributed by atoms with Gasteiger partial charge in [0.25, 0.3) is 5.91 Å². The highest BCUT2D eigenvalue weighted by molar-refractivity contribution is 7.14. The van der Waals surface area contributed by atoms with Crippen LogP contribution in [0.3, 0.4) is 0 Å². The van der Waals surface area contributed by atoms with Crippen molar-refractivity contribution in [2.75, 3.05) is 5.73 Å². The van der Waals surface area contributed by atoms with Crippen molar-refractivity contribution in [3.05, 3.63) is 39.0 Å². The van der Waals surface area contributed by atoms with Crippen LogP contribution in [0.2, 0.25) is 0 Å². The van der Waals surface area contributed by atoms with Crippen molar-refractivity contribution in [1.82, 2.24) is 5.32 Å². The van der Waals surface area contributed by atoms with Crippen LogP contribution in [-0.4, -0.2) is 5.91 Å². The fourth-order valence-electron chi connectivity index (χ4n) is 2.03. The molecule has 0 aliphatic carbocycles. The van der Waals surface area contributed by atoms with E-state index in [-0.39, 0.29) is 11.9 Å². The van der Waals surface area contributed by atoms with Crippen molar-refractivity contribution in [3.63, 3.8) is 0 Å². The number of carbonyl (C=O) groups excluding carboxylic acids is 1. The van der Waals surface area contributed by atoms with Crippen LogP contribution in [0.25, 0.3) is 0 Å². The third kappa shape index (κ3) is 2.81. The molecule has 0 saturated heterocycles. The summed E-state index contributed by atoms with van der Waals surface area (Å²) < 4.78 is 5.48. The van der Waals surface area contributed by atoms with E-state index in [0.717, 1.165) is 22.0 Å². The average molecular weight is 278 g/mol. The average Bonchev–Trinajstić information content (AvgIpc) is 2.82. The highest BCUT2D eigenvalue weighted by Gasteiger charge is 2.17. The molecule has 0 radical (unpaired) electrons. The smallest absolute Gasteiger partial charge is 0.261 e. The number of nitrogen functional groups attached to an aromatic ring is 1. The predicted octanol–water partition coefficient (Wildman–Crippen LogP) is 3.34. The molecule has 19 heavy (non-hydrogen) atoms. The van der Waals surface area contributed by atoms with Crippen LogP contribution >= 0.6 is 11.3 Å². The standard InChI is InChI=1S/C14H18N2O2S/c1-7-5-11(9(3)18-7)8(2)16-14(17)13-6-12(15)10(4)19-13/h5-6,8H,15H2,1-4H3,(H,16,17). The first kappa shape index (κ1) is 13.7. The van der Waals surface area contributed by atoms with E-state index in [1.165, 1.54) is 11.3 Å². The Labute approximate surface area is 116 Å². The number of carbonyl (C=O) groups is 1. The normalized spacial score (nSPS) is 12.4. The van der Waals surface area contributed by atoms with E-state index < -0.39 is 0 Å². The van der Waals surface area contributed by atoms with Gasteiger partial charge in [-0.15, -0.1) is 11.3 Å². The summed E-state index contributed by atoms with van der Waals surface area (Å²) in [5.74, 6) is 1.59. The molecule has 5 heteroatoms. The molecule has 1 atom stereocenters. The fraction of sp³-hybridized carbons (Fsp3) is 0.357. The summed E-state index contributed by atoms with van der Waals surface area (Å²) in [6, 6.07) is 3.58. The first-order valence-electron chi connectivity index (χ1n) is 6.12. The molecule has 2 aromatic heterocycles. The number of thiophene rings is 1. The minimum absolute atomic E-state index is 0.0893. The molecule has 3 N–H and O–H groups in total. The van der Waals surface area contributed by atoms with Gasteiger partial charge in [0, 0.05) is 16.1 Å². The van der Waals surface area contributed by atoms with Gasteiger partial charge in [0.2, 0.25) is 0 Å². The third-order valence-corrected chi connectivity index (χ3v) is 4.14. The van der Waals surface area contributed by atoms with E-state index >= 15 is 0 Å². The number of nitrogens with two attached hydrogens (primary N) is 1. The van der Waals surface area contributed by atoms with Crippen molar-refractivity contribution >= 4 is 22.9 Å². The monoisotopic (exact) mass is 278 g/mol. The summed E-state index contributed by atoms with van der Waals surface area (Å²) in [5, 5.41) is 2.96. The van der Waals surface area contributed by atoms with Crippen LogP contribution in [0, 0.1) is 20.8 Å². The zero-order valence-corrected chi connectivity index (χ0v) is 12.4. The Hall–Kier alpha value is -1.75. The minimum atomic E-state index is -0.101. The second-order valence-corrected chi connectivity index (χ2v) is 5.94. The van der Waals surface area contributed by atoms with Gasteiger partial charge in [-0.05, 0) is 39.8 Å². The SMILES string of the molecule is Cc1cc(C(C)NC(=O)c2cc(N)c(C)s2)c(C)o1. The Balaban J connectivity index is 2.12. The number of aryl methyl sites for hydroxylation is 3. The largest absolute Gasteiger partial charge is 0.466 e. The van der Waals surface area contributed by atoms with Crippen molar-refractivity contribution in [1.29, 1.82) is 0 Å². The molecule has 0 aliphatic rings. The number of hydrogen-bond acceptors (Lipinski definition) is 4. The predicted molar refractivity (Wildman–Crippen MR) is 77.5 cm³/mol. The van der Waals surface area contributed by atoms with Crippen molar-refractivity contribution in [2.45, 2.75) is 33.7 Å². The summed E-state index contributed by atoms with van der Waals surface area (Å²) in [6.07, 6.45) is 0. The number of anilines is 1. The van der Waals surface area contributed by atoms with Crippen LogP contribution in [0.5, 0.6) is 0 Å². The number of hydrogen-bond donors (Lipinski definition) is 2. The van der Waals surface area contributed by atoms with Gasteiger partial charge in [-0.25, -0.2) is 0 Å². The summed E-state index contributed by atoms with van der Waals surface area (Å²) in [4.78, 5) is 13.7. The molecular formula is C14H18N2O2S. The second-order valence-electron chi connectivity index (χ2n) is 4.69. The van der Waals surface area contributed by atoms with Gasteiger partial charge >= 0.3 is 0 Å². The topological polar surface area (TPSA) is 68.3 Å². The summed E-state index contributed by atoms with van der Waals surface area (Å²) in [7, 11) is 0. The van der Waals surface area contributed by atoms with Crippen molar-refractivity contribution in [3.8, 4) is 0 Å². The van der Waals surface area contributed by atoms with Crippen LogP contribution < -0.4 is 11.1 Å². The maximum atomic E-state index is 12.1. The quantitative estimate of drug-likeness (QED) is 0.904. The molecule has 0 aliphatic heterocycles. The van der Waals surface area contributed by atoms with Crippen LogP contribution in [-0.2, 0) is 0 Å². The van der Waals surface area contributed by atoms with Crippen LogP contribution in [0.4, 0.5) is 5.69 Å². The number of nitrogens with one attached hydrogen (secondary N) is 1. The molecular weight excluding hydrogens is 260 g/mol. The zero-order chi connectivity index (χ0) is 14.2. The first-order valence-corrected chi connectivity index (χ1v) is 6.94. The van der Waals surface area contributed by atoms with Gasteiger partial charge in [0.15, 0.2) is 0 Å². The Bertz CT molecular complexity index is 593. The Morgan fingerprint density at radius 3 is 2.53 bits per heavy atom. The summed E-state index contributed by atoms with van der Waals surface area (Å²) in [5.41, 5.74) is 7.43. The molecule has 0 spiro atoms. The Kier molecular flexibility index (Phi) is 3.66. The molecule has 0 bridgehead atoms. The highest BCUT2D eigenvalue weighted by atomic mass is 32.1. The molecule has 1 unspecified atom stereocenters. The third-order valence-electron chi connectivity index (χ3n) is 3.07. The lowest BCUT2D eigenvalue weighted by molar-refractivity contribution is 0.0944. The maximum Gasteiger partial charge on any atom is 0.261 e. The molecule has 2 rings (SSSR count). The molecule has 0 fully saturated rings. The van der Waals surface area contributed by atoms with E-state index in [1.807, 2.05) is 33.8 Å². The molecule has 4 nitrogen and oxygen atoms in total. The van der Waals surface area contributed by atoms with E-state index in [1.54, 1.807) is 6.07 Å². The van der Waals surface area contributed by atoms with Gasteiger partial charge in [-0.2, -0.15) is 0 Å². The van der Waals surface area contributed by atoms with Gasteiger partial charge in [0.1, 0.15) is 11.5 Å². The highest BCUT2D eigenvalue weighted by Crippen LogP contribution is 2.25. The van der Waals surface area contributed by atoms with Crippen LogP contribution in [0.15, 0.2) is 16.5 Å². The minimum Gasteiger partial charge on any atom is -0.466 e. The van der Waals surface area contributed by atoms with Gasteiger partial charge in [-0.3, -0.25) is 4.79 Å². The lowest BCUT2D eigenvalue weighted by atomic mass is 10.1. The Morgan fingerprint density at radius 1 is 1.37 bits per heavy atom. The van der Waals surface area contributed by atoms with E-state index in [0.29, 0.717) is 10.6 Å². The molecule has 2 heterocycles. The van der Waals surface area contributed by atoms with E-state index in [9.17, 15) is 4.79 Å². The Morgan fingerprint density at radius 2 is 2.05 bits per heavy atom. The molecule has 2 aromatic rings. The first-order chi connectivity index (χ1) is 8.88. The van der Waals surface area contributed by atoms with Gasteiger partial charge < -0.3 is 15.5 Å². The molecule has 1 amide bonds. The van der Waals surface area contributed by atoms with E-state index in [4.69, 9.17) is 10.2 Å². The number of furan rings is 1. The summed E-state index contributed by atoms with van der Waals surface area (Å²) in [6.45, 7) is 7.65. The fourth-order valence-corrected chi connectivity index (χ4v) is 2.88. The zero-order valence-electron chi connectivity index (χ0n) is 11.5. The lowest BCUT2D eigenvalue weighted by Crippen LogP contribution is -2.26. The van der Waals surface area contributed by atoms with Gasteiger partial charge in [0.05, 0.1) is 10.9 Å². The molecule has 0 aromatic carbocycles. The lowest BCUT2D eigenvalue weighted by Gasteiger charge is -2.12. The second kappa shape index (κ2) is 5.09. The van der Waals surface area contributed by atoms with E-state index in [2.05, 4.69) is 5.32 Å². The number of amides is 1. The van der Waals surface area contributed by atoms with Crippen molar-refractivity contribution in [2.24, 2.45) is 0 Å². The number of rotatable bonds is 3.